The number of aromatic nitrogens is 1. The minimum Gasteiger partial charge on any atom is -0.497 e. The predicted octanol–water partition coefficient (Wildman–Crippen LogP) is 4.32. The molecule has 0 radical (unpaired) electrons. The van der Waals surface area contributed by atoms with Crippen molar-refractivity contribution in [3.8, 4) is 5.75 Å². The molecule has 0 saturated heterocycles. The first-order valence-electron chi connectivity index (χ1n) is 9.03. The highest BCUT2D eigenvalue weighted by molar-refractivity contribution is 6.14. The second-order valence-electron chi connectivity index (χ2n) is 6.69. The van der Waals surface area contributed by atoms with Gasteiger partial charge in [0.15, 0.2) is 0 Å². The second kappa shape index (κ2) is 7.35. The van der Waals surface area contributed by atoms with Crippen LogP contribution in [0.5, 0.6) is 5.75 Å². The number of carbonyl (C=O) groups excluding carboxylic acids is 1. The van der Waals surface area contributed by atoms with Gasteiger partial charge in [-0.1, -0.05) is 12.1 Å². The fraction of sp³-hybridized carbons (Fsp3) is 0.136. The number of amides is 1. The van der Waals surface area contributed by atoms with Crippen molar-refractivity contribution >= 4 is 34.4 Å². The number of hydrogen-bond acceptors (Lipinski definition) is 5. The summed E-state index contributed by atoms with van der Waals surface area (Å²) in [4.78, 5) is 21.8. The number of pyridine rings is 1. The molecule has 0 aliphatic carbocycles. The summed E-state index contributed by atoms with van der Waals surface area (Å²) in [6.45, 7) is 3.62. The van der Waals surface area contributed by atoms with E-state index in [1.54, 1.807) is 32.2 Å². The number of aliphatic imine (C=N–C) groups is 1. The first-order valence-corrected chi connectivity index (χ1v) is 9.03. The van der Waals surface area contributed by atoms with Gasteiger partial charge in [-0.15, -0.1) is 0 Å². The van der Waals surface area contributed by atoms with Gasteiger partial charge < -0.3 is 4.74 Å². The summed E-state index contributed by atoms with van der Waals surface area (Å²) >= 11 is 0. The van der Waals surface area contributed by atoms with Gasteiger partial charge >= 0.3 is 0 Å². The first kappa shape index (κ1) is 18.6. The number of nitrogens with zero attached hydrogens (tertiary/aromatic N) is 3. The van der Waals surface area contributed by atoms with Crippen molar-refractivity contribution in [1.82, 2.24) is 9.99 Å². The van der Waals surface area contributed by atoms with E-state index in [0.717, 1.165) is 16.6 Å². The number of amidine groups is 1. The molecule has 6 nitrogen and oxygen atoms in total. The Kier molecular flexibility index (Phi) is 4.72. The number of aryl methyl sites for hydroxylation is 1. The normalized spacial score (nSPS) is 15.2. The number of ether oxygens (including phenoxy) is 1. The van der Waals surface area contributed by atoms with Crippen LogP contribution in [0.25, 0.3) is 17.0 Å². The molecule has 146 valence electrons. The van der Waals surface area contributed by atoms with Crippen LogP contribution in [0.1, 0.15) is 18.2 Å². The third-order valence-corrected chi connectivity index (χ3v) is 4.56. The Labute approximate surface area is 167 Å². The zero-order valence-electron chi connectivity index (χ0n) is 16.2. The summed E-state index contributed by atoms with van der Waals surface area (Å²) in [5.74, 6) is 0.490. The van der Waals surface area contributed by atoms with Gasteiger partial charge in [-0.05, 0) is 61.9 Å². The zero-order valence-corrected chi connectivity index (χ0v) is 16.2. The molecule has 1 amide bonds. The minimum absolute atomic E-state index is 0.230. The van der Waals surface area contributed by atoms with E-state index in [0.29, 0.717) is 22.8 Å². The predicted molar refractivity (Wildman–Crippen MR) is 111 cm³/mol. The van der Waals surface area contributed by atoms with E-state index in [2.05, 4.69) is 15.4 Å². The van der Waals surface area contributed by atoms with Gasteiger partial charge in [-0.2, -0.15) is 0 Å². The van der Waals surface area contributed by atoms with Crippen LogP contribution in [-0.4, -0.2) is 28.8 Å². The Morgan fingerprint density at radius 1 is 1.14 bits per heavy atom. The fourth-order valence-corrected chi connectivity index (χ4v) is 3.19. The molecule has 0 spiro atoms. The van der Waals surface area contributed by atoms with E-state index in [4.69, 9.17) is 4.74 Å². The monoisotopic (exact) mass is 390 g/mol. The number of carbonyl (C=O) groups is 1. The number of benzene rings is 2. The molecule has 3 aromatic rings. The molecular weight excluding hydrogens is 371 g/mol. The third-order valence-electron chi connectivity index (χ3n) is 4.56. The molecule has 0 saturated carbocycles. The van der Waals surface area contributed by atoms with Crippen molar-refractivity contribution in [2.75, 3.05) is 12.5 Å². The Morgan fingerprint density at radius 3 is 2.72 bits per heavy atom. The highest BCUT2D eigenvalue weighted by atomic mass is 19.1. The number of fused-ring (bicyclic) bond motifs is 1. The molecule has 4 rings (SSSR count). The van der Waals surface area contributed by atoms with Crippen molar-refractivity contribution in [3.05, 3.63) is 71.3 Å². The van der Waals surface area contributed by atoms with Gasteiger partial charge in [0.05, 0.1) is 18.3 Å². The van der Waals surface area contributed by atoms with Crippen molar-refractivity contribution in [2.45, 2.75) is 13.8 Å². The Morgan fingerprint density at radius 2 is 1.97 bits per heavy atom. The maximum atomic E-state index is 13.4. The van der Waals surface area contributed by atoms with Crippen LogP contribution in [0.15, 0.2) is 59.2 Å². The molecule has 0 unspecified atom stereocenters. The number of hydrogen-bond donors (Lipinski definition) is 1. The van der Waals surface area contributed by atoms with Crippen LogP contribution in [0.4, 0.5) is 10.1 Å². The minimum atomic E-state index is -0.367. The lowest BCUT2D eigenvalue weighted by Gasteiger charge is -2.20. The van der Waals surface area contributed by atoms with Crippen molar-refractivity contribution < 1.29 is 13.9 Å². The first-order chi connectivity index (χ1) is 13.9. The van der Waals surface area contributed by atoms with Crippen molar-refractivity contribution in [1.29, 1.82) is 0 Å². The molecular formula is C22H19FN4O2. The maximum absolute atomic E-state index is 13.4. The summed E-state index contributed by atoms with van der Waals surface area (Å²) in [5.41, 5.74) is 6.25. The zero-order chi connectivity index (χ0) is 20.5. The van der Waals surface area contributed by atoms with Gasteiger partial charge in [0.2, 0.25) is 0 Å². The average molecular weight is 390 g/mol. The number of halogens is 1. The lowest BCUT2D eigenvalue weighted by atomic mass is 10.1. The van der Waals surface area contributed by atoms with Crippen LogP contribution in [-0.2, 0) is 4.79 Å². The molecule has 1 aromatic heterocycles. The van der Waals surface area contributed by atoms with E-state index in [1.807, 2.05) is 31.2 Å². The maximum Gasteiger partial charge on any atom is 0.296 e. The molecule has 0 bridgehead atoms. The molecule has 2 heterocycles. The third kappa shape index (κ3) is 3.67. The van der Waals surface area contributed by atoms with Gasteiger partial charge in [0.25, 0.3) is 5.91 Å². The quantitative estimate of drug-likeness (QED) is 0.674. The topological polar surface area (TPSA) is 66.8 Å². The lowest BCUT2D eigenvalue weighted by molar-refractivity contribution is -0.121. The highest BCUT2D eigenvalue weighted by Crippen LogP contribution is 2.29. The van der Waals surface area contributed by atoms with Crippen LogP contribution >= 0.6 is 0 Å². The van der Waals surface area contributed by atoms with Gasteiger partial charge in [-0.3, -0.25) is 15.2 Å². The molecule has 29 heavy (non-hydrogen) atoms. The molecule has 0 fully saturated rings. The summed E-state index contributed by atoms with van der Waals surface area (Å²) in [6, 6.07) is 13.4. The summed E-state index contributed by atoms with van der Waals surface area (Å²) in [5, 5.41) is 2.19. The van der Waals surface area contributed by atoms with Gasteiger partial charge in [0.1, 0.15) is 23.1 Å². The van der Waals surface area contributed by atoms with E-state index in [-0.39, 0.29) is 17.4 Å². The standard InChI is InChI=1S/C22H19FN4O2/c1-13-9-20(18-12-17(29-3)7-8-19(18)24-13)26-27-14(2)25-21(22(27)28)11-15-5-4-6-16(23)10-15/h4-12H,1-3H3,(H,24,26)/b21-11-. The molecule has 1 N–H and O–H groups in total. The SMILES string of the molecule is COc1ccc2nc(C)cc(NN3C(=O)/C(=C/c4cccc(F)c4)N=C3C)c2c1. The number of hydrazine groups is 1. The highest BCUT2D eigenvalue weighted by Gasteiger charge is 2.28. The number of nitrogens with one attached hydrogen (secondary N) is 1. The van der Waals surface area contributed by atoms with Crippen LogP contribution in [0.3, 0.4) is 0 Å². The Bertz CT molecular complexity index is 1190. The van der Waals surface area contributed by atoms with Crippen molar-refractivity contribution in [3.63, 3.8) is 0 Å². The second-order valence-corrected chi connectivity index (χ2v) is 6.69. The summed E-state index contributed by atoms with van der Waals surface area (Å²) in [7, 11) is 1.60. The lowest BCUT2D eigenvalue weighted by Crippen LogP contribution is -2.36. The number of rotatable bonds is 4. The van der Waals surface area contributed by atoms with Crippen LogP contribution in [0, 0.1) is 12.7 Å². The molecule has 1 aliphatic rings. The van der Waals surface area contributed by atoms with E-state index < -0.39 is 0 Å². The molecule has 0 atom stereocenters. The van der Waals surface area contributed by atoms with Gasteiger partial charge in [-0.25, -0.2) is 14.4 Å². The summed E-state index contributed by atoms with van der Waals surface area (Å²) < 4.78 is 18.8. The van der Waals surface area contributed by atoms with Crippen LogP contribution < -0.4 is 10.2 Å². The van der Waals surface area contributed by atoms with E-state index in [9.17, 15) is 9.18 Å². The molecule has 1 aliphatic heterocycles. The van der Waals surface area contributed by atoms with E-state index >= 15 is 0 Å². The molecule has 2 aromatic carbocycles. The Balaban J connectivity index is 1.68. The van der Waals surface area contributed by atoms with Crippen molar-refractivity contribution in [2.24, 2.45) is 4.99 Å². The fourth-order valence-electron chi connectivity index (χ4n) is 3.19. The average Bonchev–Trinajstić information content (AvgIpc) is 2.95. The molecule has 7 heteroatoms. The number of anilines is 1. The largest absolute Gasteiger partial charge is 0.497 e. The van der Waals surface area contributed by atoms with Gasteiger partial charge in [0, 0.05) is 11.1 Å². The smallest absolute Gasteiger partial charge is 0.296 e. The Hall–Kier alpha value is -3.74. The summed E-state index contributed by atoms with van der Waals surface area (Å²) in [6.07, 6.45) is 1.57. The van der Waals surface area contributed by atoms with E-state index in [1.165, 1.54) is 17.1 Å². The number of methoxy groups -OCH3 is 1. The van der Waals surface area contributed by atoms with Crippen LogP contribution in [0.2, 0.25) is 0 Å².